The normalized spacial score (nSPS) is 10.9. The molecule has 0 spiro atoms. The number of aromatic nitrogens is 2. The van der Waals surface area contributed by atoms with Crippen molar-refractivity contribution in [3.8, 4) is 0 Å². The Labute approximate surface area is 127 Å². The van der Waals surface area contributed by atoms with Gasteiger partial charge in [-0.25, -0.2) is 0 Å². The van der Waals surface area contributed by atoms with Crippen LogP contribution in [0, 0.1) is 6.92 Å². The van der Waals surface area contributed by atoms with E-state index in [4.69, 9.17) is 5.11 Å². The van der Waals surface area contributed by atoms with Crippen LogP contribution in [0.1, 0.15) is 27.4 Å². The summed E-state index contributed by atoms with van der Waals surface area (Å²) in [4.78, 5) is 23.6. The van der Waals surface area contributed by atoms with Crippen molar-refractivity contribution in [2.24, 2.45) is 14.1 Å². The number of nitrogens with zero attached hydrogens (tertiary/aromatic N) is 2. The first-order valence-electron chi connectivity index (χ1n) is 6.48. The molecule has 2 aromatic heterocycles. The van der Waals surface area contributed by atoms with Gasteiger partial charge >= 0.3 is 5.97 Å². The van der Waals surface area contributed by atoms with Crippen molar-refractivity contribution >= 4 is 23.5 Å². The molecule has 2 aromatic rings. The number of aliphatic carboxylic acids is 1. The molecule has 0 aliphatic rings. The minimum absolute atomic E-state index is 0.0885. The Bertz CT molecular complexity index is 713. The Kier molecular flexibility index (Phi) is 4.27. The molecule has 0 aliphatic carbocycles. The molecule has 0 saturated heterocycles. The number of carboxylic acid groups (broad SMARTS) is 1. The van der Waals surface area contributed by atoms with E-state index in [9.17, 15) is 9.59 Å². The van der Waals surface area contributed by atoms with Crippen molar-refractivity contribution in [2.75, 3.05) is 6.26 Å². The number of rotatable bonds is 5. The fourth-order valence-corrected chi connectivity index (χ4v) is 3.10. The van der Waals surface area contributed by atoms with Crippen molar-refractivity contribution in [3.05, 3.63) is 40.8 Å². The third-order valence-corrected chi connectivity index (χ3v) is 4.42. The average Bonchev–Trinajstić information content (AvgIpc) is 2.90. The fraction of sp³-hybridized carbons (Fsp3) is 0.333. The lowest BCUT2D eigenvalue weighted by atomic mass is 10.1. The average molecular weight is 306 g/mol. The first-order valence-corrected chi connectivity index (χ1v) is 7.70. The first kappa shape index (κ1) is 15.4. The molecular formula is C15H18N2O3S. The van der Waals surface area contributed by atoms with Crippen LogP contribution in [0.25, 0.3) is 0 Å². The summed E-state index contributed by atoms with van der Waals surface area (Å²) in [5.74, 6) is -0.993. The summed E-state index contributed by atoms with van der Waals surface area (Å²) >= 11 is 1.58. The van der Waals surface area contributed by atoms with E-state index in [0.29, 0.717) is 17.1 Å². The summed E-state index contributed by atoms with van der Waals surface area (Å²) in [6, 6.07) is 5.48. The van der Waals surface area contributed by atoms with Crippen molar-refractivity contribution in [3.63, 3.8) is 0 Å². The summed E-state index contributed by atoms with van der Waals surface area (Å²) < 4.78 is 3.54. The Morgan fingerprint density at radius 1 is 1.24 bits per heavy atom. The van der Waals surface area contributed by atoms with Crippen molar-refractivity contribution in [2.45, 2.75) is 18.4 Å². The molecular weight excluding hydrogens is 288 g/mol. The van der Waals surface area contributed by atoms with Crippen molar-refractivity contribution in [1.82, 2.24) is 9.13 Å². The van der Waals surface area contributed by atoms with Gasteiger partial charge in [-0.15, -0.1) is 11.8 Å². The van der Waals surface area contributed by atoms with E-state index in [2.05, 4.69) is 0 Å². The van der Waals surface area contributed by atoms with Crippen molar-refractivity contribution < 1.29 is 14.7 Å². The Hall–Kier alpha value is -1.95. The number of hydrogen-bond donors (Lipinski definition) is 1. The standard InChI is InChI=1S/C15H18N2O3S/c1-9-7-10(8-13(18)19)16(2)14(9)15(20)11-5-6-12(21-4)17(11)3/h5-7H,8H2,1-4H3,(H,18,19). The van der Waals surface area contributed by atoms with E-state index in [1.165, 1.54) is 0 Å². The lowest BCUT2D eigenvalue weighted by molar-refractivity contribution is -0.136. The SMILES string of the molecule is CSc1ccc(C(=O)c2c(C)cc(CC(=O)O)n2C)n1C. The van der Waals surface area contributed by atoms with Gasteiger partial charge in [0.2, 0.25) is 5.78 Å². The van der Waals surface area contributed by atoms with Gasteiger partial charge in [-0.1, -0.05) is 0 Å². The maximum absolute atomic E-state index is 12.7. The molecule has 6 heteroatoms. The fourth-order valence-electron chi connectivity index (χ4n) is 2.53. The molecule has 0 radical (unpaired) electrons. The van der Waals surface area contributed by atoms with Crippen LogP contribution in [0.3, 0.4) is 0 Å². The van der Waals surface area contributed by atoms with Crippen LogP contribution in [0.5, 0.6) is 0 Å². The van der Waals surface area contributed by atoms with Gasteiger partial charge in [-0.2, -0.15) is 0 Å². The van der Waals surface area contributed by atoms with E-state index in [1.807, 2.05) is 30.9 Å². The molecule has 0 atom stereocenters. The summed E-state index contributed by atoms with van der Waals surface area (Å²) in [6.45, 7) is 1.83. The molecule has 0 fully saturated rings. The zero-order chi connectivity index (χ0) is 15.7. The lowest BCUT2D eigenvalue weighted by Gasteiger charge is -2.09. The minimum Gasteiger partial charge on any atom is -0.481 e. The topological polar surface area (TPSA) is 64.2 Å². The third-order valence-electron chi connectivity index (χ3n) is 3.59. The smallest absolute Gasteiger partial charge is 0.309 e. The van der Waals surface area contributed by atoms with Crippen molar-refractivity contribution in [1.29, 1.82) is 0 Å². The molecule has 0 bridgehead atoms. The molecule has 112 valence electrons. The molecule has 0 amide bonds. The van der Waals surface area contributed by atoms with Gasteiger partial charge in [0.05, 0.1) is 22.8 Å². The van der Waals surface area contributed by atoms with Gasteiger partial charge in [-0.05, 0) is 36.9 Å². The largest absolute Gasteiger partial charge is 0.481 e. The van der Waals surface area contributed by atoms with E-state index in [-0.39, 0.29) is 12.2 Å². The molecule has 2 rings (SSSR count). The van der Waals surface area contributed by atoms with Crippen LogP contribution in [-0.4, -0.2) is 32.2 Å². The van der Waals surface area contributed by atoms with Gasteiger partial charge in [0.25, 0.3) is 0 Å². The first-order chi connectivity index (χ1) is 9.86. The predicted octanol–water partition coefficient (Wildman–Crippen LogP) is 2.25. The van der Waals surface area contributed by atoms with Crippen LogP contribution in [0.4, 0.5) is 0 Å². The van der Waals surface area contributed by atoms with E-state index < -0.39 is 5.97 Å². The predicted molar refractivity (Wildman–Crippen MR) is 82.1 cm³/mol. The number of carbonyl (C=O) groups is 2. The molecule has 0 aromatic carbocycles. The van der Waals surface area contributed by atoms with Crippen LogP contribution < -0.4 is 0 Å². The minimum atomic E-state index is -0.905. The molecule has 5 nitrogen and oxygen atoms in total. The monoisotopic (exact) mass is 306 g/mol. The second-order valence-electron chi connectivity index (χ2n) is 4.95. The Balaban J connectivity index is 2.46. The molecule has 1 N–H and O–H groups in total. The highest BCUT2D eigenvalue weighted by molar-refractivity contribution is 7.98. The van der Waals surface area contributed by atoms with Crippen LogP contribution in [0.2, 0.25) is 0 Å². The molecule has 21 heavy (non-hydrogen) atoms. The molecule has 0 saturated carbocycles. The van der Waals surface area contributed by atoms with Crippen LogP contribution in [0.15, 0.2) is 23.2 Å². The lowest BCUT2D eigenvalue weighted by Crippen LogP contribution is -2.15. The van der Waals surface area contributed by atoms with Gasteiger partial charge < -0.3 is 14.2 Å². The Morgan fingerprint density at radius 3 is 2.43 bits per heavy atom. The highest BCUT2D eigenvalue weighted by atomic mass is 32.2. The maximum Gasteiger partial charge on any atom is 0.309 e. The number of ketones is 1. The van der Waals surface area contributed by atoms with Gasteiger partial charge in [0, 0.05) is 19.8 Å². The zero-order valence-electron chi connectivity index (χ0n) is 12.5. The third kappa shape index (κ3) is 2.76. The molecule has 2 heterocycles. The second-order valence-corrected chi connectivity index (χ2v) is 5.77. The number of carbonyl (C=O) groups excluding carboxylic acids is 1. The summed E-state index contributed by atoms with van der Waals surface area (Å²) in [5, 5.41) is 9.93. The summed E-state index contributed by atoms with van der Waals surface area (Å²) in [6.07, 6.45) is 1.87. The number of thioether (sulfide) groups is 1. The summed E-state index contributed by atoms with van der Waals surface area (Å²) in [5.41, 5.74) is 2.57. The highest BCUT2D eigenvalue weighted by Crippen LogP contribution is 2.23. The van der Waals surface area contributed by atoms with Crippen LogP contribution >= 0.6 is 11.8 Å². The highest BCUT2D eigenvalue weighted by Gasteiger charge is 2.22. The molecule has 0 aliphatic heterocycles. The number of carboxylic acids is 1. The number of aryl methyl sites for hydroxylation is 1. The zero-order valence-corrected chi connectivity index (χ0v) is 13.3. The Morgan fingerprint density at radius 2 is 1.90 bits per heavy atom. The number of hydrogen-bond acceptors (Lipinski definition) is 3. The molecule has 0 unspecified atom stereocenters. The van der Waals surface area contributed by atoms with E-state index in [0.717, 1.165) is 10.6 Å². The van der Waals surface area contributed by atoms with E-state index >= 15 is 0 Å². The van der Waals surface area contributed by atoms with Gasteiger partial charge in [0.1, 0.15) is 0 Å². The quantitative estimate of drug-likeness (QED) is 0.680. The maximum atomic E-state index is 12.7. The van der Waals surface area contributed by atoms with Crippen LogP contribution in [-0.2, 0) is 25.3 Å². The van der Waals surface area contributed by atoms with E-state index in [1.54, 1.807) is 35.5 Å². The second kappa shape index (κ2) is 5.81. The summed E-state index contributed by atoms with van der Waals surface area (Å²) in [7, 11) is 3.59. The van der Waals surface area contributed by atoms with Gasteiger partial charge in [0.15, 0.2) is 0 Å². The van der Waals surface area contributed by atoms with Gasteiger partial charge in [-0.3, -0.25) is 9.59 Å².